The van der Waals surface area contributed by atoms with Crippen molar-refractivity contribution >= 4 is 35.1 Å². The topological polar surface area (TPSA) is 92.8 Å². The number of alkyl halides is 3. The Balaban J connectivity index is 1.35. The first-order chi connectivity index (χ1) is 16.6. The fourth-order valence-corrected chi connectivity index (χ4v) is 4.33. The highest BCUT2D eigenvalue weighted by atomic mass is 19.4. The van der Waals surface area contributed by atoms with E-state index in [-0.39, 0.29) is 29.0 Å². The van der Waals surface area contributed by atoms with E-state index in [1.54, 1.807) is 0 Å². The van der Waals surface area contributed by atoms with Crippen molar-refractivity contribution in [2.75, 3.05) is 16.8 Å². The van der Waals surface area contributed by atoms with E-state index in [0.29, 0.717) is 12.1 Å². The SMILES string of the molecule is C[C@@H]1C=CC[C@H]2C(=O)N(c3ccc(C(=O)OCC(=O)Nc4cccc(C(F)(F)F)c4)cc3)C(=O)[C@@H]12. The van der Waals surface area contributed by atoms with Crippen LogP contribution >= 0.6 is 0 Å². The van der Waals surface area contributed by atoms with E-state index < -0.39 is 42.1 Å². The molecule has 1 N–H and O–H groups in total. The molecule has 1 aliphatic heterocycles. The monoisotopic (exact) mass is 486 g/mol. The first-order valence-corrected chi connectivity index (χ1v) is 10.8. The van der Waals surface area contributed by atoms with Crippen LogP contribution < -0.4 is 10.2 Å². The third-order valence-corrected chi connectivity index (χ3v) is 6.04. The van der Waals surface area contributed by atoms with Gasteiger partial charge in [0.2, 0.25) is 11.8 Å². The van der Waals surface area contributed by atoms with Gasteiger partial charge in [0.15, 0.2) is 6.61 Å². The molecule has 0 bridgehead atoms. The van der Waals surface area contributed by atoms with E-state index in [9.17, 15) is 32.3 Å². The molecule has 2 aliphatic rings. The van der Waals surface area contributed by atoms with Crippen LogP contribution in [0.2, 0.25) is 0 Å². The van der Waals surface area contributed by atoms with Gasteiger partial charge in [0.1, 0.15) is 0 Å². The summed E-state index contributed by atoms with van der Waals surface area (Å²) >= 11 is 0. The Morgan fingerprint density at radius 2 is 1.80 bits per heavy atom. The smallest absolute Gasteiger partial charge is 0.416 e. The maximum atomic E-state index is 12.9. The molecule has 0 radical (unpaired) electrons. The number of fused-ring (bicyclic) bond motifs is 1. The Bertz CT molecular complexity index is 1210. The molecule has 3 amide bonds. The summed E-state index contributed by atoms with van der Waals surface area (Å²) in [4.78, 5) is 51.1. The van der Waals surface area contributed by atoms with Crippen LogP contribution in [-0.2, 0) is 25.3 Å². The molecule has 1 saturated heterocycles. The molecule has 3 atom stereocenters. The third-order valence-electron chi connectivity index (χ3n) is 6.04. The highest BCUT2D eigenvalue weighted by Gasteiger charge is 2.50. The maximum absolute atomic E-state index is 12.9. The highest BCUT2D eigenvalue weighted by Crippen LogP contribution is 2.40. The molecular weight excluding hydrogens is 465 g/mol. The van der Waals surface area contributed by atoms with Crippen LogP contribution in [0.1, 0.15) is 29.3 Å². The van der Waals surface area contributed by atoms with Gasteiger partial charge in [-0.1, -0.05) is 25.1 Å². The van der Waals surface area contributed by atoms with E-state index in [0.717, 1.165) is 23.1 Å². The Hall–Kier alpha value is -3.95. The largest absolute Gasteiger partial charge is 0.452 e. The summed E-state index contributed by atoms with van der Waals surface area (Å²) in [7, 11) is 0. The van der Waals surface area contributed by atoms with Crippen LogP contribution in [0.3, 0.4) is 0 Å². The van der Waals surface area contributed by atoms with Crippen LogP contribution in [0.15, 0.2) is 60.7 Å². The summed E-state index contributed by atoms with van der Waals surface area (Å²) < 4.78 is 43.3. The quantitative estimate of drug-likeness (QED) is 0.389. The van der Waals surface area contributed by atoms with Gasteiger partial charge in [-0.2, -0.15) is 13.2 Å². The van der Waals surface area contributed by atoms with Crippen LogP contribution in [0.25, 0.3) is 0 Å². The standard InChI is InChI=1S/C25H21F3N2O5/c1-14-4-2-7-19-21(14)23(33)30(22(19)32)18-10-8-15(9-11-18)24(34)35-13-20(31)29-17-6-3-5-16(12-17)25(26,27)28/h2-6,8-12,14,19,21H,7,13H2,1H3,(H,29,31)/t14-,19-,21+/m1/s1. The lowest BCUT2D eigenvalue weighted by Crippen LogP contribution is -2.31. The molecule has 1 fully saturated rings. The predicted molar refractivity (Wildman–Crippen MR) is 119 cm³/mol. The number of anilines is 2. The molecule has 0 aromatic heterocycles. The van der Waals surface area contributed by atoms with Crippen molar-refractivity contribution in [2.45, 2.75) is 19.5 Å². The third kappa shape index (κ3) is 4.96. The lowest BCUT2D eigenvalue weighted by atomic mass is 9.78. The van der Waals surface area contributed by atoms with Crippen molar-refractivity contribution in [1.82, 2.24) is 0 Å². The van der Waals surface area contributed by atoms with Gasteiger partial charge >= 0.3 is 12.1 Å². The first kappa shape index (κ1) is 24.2. The molecule has 0 saturated carbocycles. The Morgan fingerprint density at radius 1 is 1.09 bits per heavy atom. The number of amides is 3. The molecule has 10 heteroatoms. The van der Waals surface area contributed by atoms with E-state index in [4.69, 9.17) is 4.74 Å². The molecule has 0 spiro atoms. The second kappa shape index (κ2) is 9.36. The number of halogens is 3. The lowest BCUT2D eigenvalue weighted by Gasteiger charge is -2.22. The summed E-state index contributed by atoms with van der Waals surface area (Å²) in [6.45, 7) is 1.18. The van der Waals surface area contributed by atoms with Gasteiger partial charge < -0.3 is 10.1 Å². The summed E-state index contributed by atoms with van der Waals surface area (Å²) in [5, 5.41) is 2.24. The number of hydrogen-bond acceptors (Lipinski definition) is 5. The van der Waals surface area contributed by atoms with Gasteiger partial charge in [0, 0.05) is 5.69 Å². The number of nitrogens with zero attached hydrogens (tertiary/aromatic N) is 1. The number of carbonyl (C=O) groups excluding carboxylic acids is 4. The Kier molecular flexibility index (Phi) is 6.47. The highest BCUT2D eigenvalue weighted by molar-refractivity contribution is 6.22. The predicted octanol–water partition coefficient (Wildman–Crippen LogP) is 4.20. The number of allylic oxidation sites excluding steroid dienone is 2. The number of hydrogen-bond donors (Lipinski definition) is 1. The number of nitrogens with one attached hydrogen (secondary N) is 1. The molecular formula is C25H21F3N2O5. The zero-order valence-electron chi connectivity index (χ0n) is 18.5. The van der Waals surface area contributed by atoms with Crippen LogP contribution in [0, 0.1) is 17.8 Å². The van der Waals surface area contributed by atoms with E-state index >= 15 is 0 Å². The molecule has 1 heterocycles. The molecule has 182 valence electrons. The van der Waals surface area contributed by atoms with Crippen LogP contribution in [-0.4, -0.2) is 30.3 Å². The normalized spacial score (nSPS) is 21.6. The van der Waals surface area contributed by atoms with Crippen molar-refractivity contribution in [1.29, 1.82) is 0 Å². The number of ether oxygens (including phenoxy) is 1. The summed E-state index contributed by atoms with van der Waals surface area (Å²) in [5.74, 6) is -3.08. The average molecular weight is 486 g/mol. The van der Waals surface area contributed by atoms with Crippen molar-refractivity contribution < 1.29 is 37.1 Å². The van der Waals surface area contributed by atoms with Crippen molar-refractivity contribution in [3.63, 3.8) is 0 Å². The molecule has 1 aliphatic carbocycles. The Morgan fingerprint density at radius 3 is 2.46 bits per heavy atom. The van der Waals surface area contributed by atoms with Gasteiger partial charge in [-0.05, 0) is 54.8 Å². The minimum absolute atomic E-state index is 0.0495. The van der Waals surface area contributed by atoms with Crippen molar-refractivity contribution in [3.05, 3.63) is 71.8 Å². The minimum atomic E-state index is -4.56. The number of benzene rings is 2. The van der Waals surface area contributed by atoms with Crippen molar-refractivity contribution in [3.8, 4) is 0 Å². The number of imide groups is 1. The fraction of sp³-hybridized carbons (Fsp3) is 0.280. The van der Waals surface area contributed by atoms with Crippen molar-refractivity contribution in [2.24, 2.45) is 17.8 Å². The Labute approximate surface area is 198 Å². The van der Waals surface area contributed by atoms with Gasteiger partial charge in [-0.3, -0.25) is 19.3 Å². The zero-order chi connectivity index (χ0) is 25.3. The number of carbonyl (C=O) groups is 4. The summed E-state index contributed by atoms with van der Waals surface area (Å²) in [6, 6.07) is 9.70. The zero-order valence-corrected chi connectivity index (χ0v) is 18.5. The fourth-order valence-electron chi connectivity index (χ4n) is 4.33. The van der Waals surface area contributed by atoms with Gasteiger partial charge in [0.25, 0.3) is 5.91 Å². The first-order valence-electron chi connectivity index (χ1n) is 10.8. The maximum Gasteiger partial charge on any atom is 0.416 e. The number of rotatable bonds is 5. The molecule has 2 aromatic rings. The van der Waals surface area contributed by atoms with Gasteiger partial charge in [0.05, 0.1) is 28.7 Å². The molecule has 0 unspecified atom stereocenters. The molecule has 4 rings (SSSR count). The summed E-state index contributed by atoms with van der Waals surface area (Å²) in [6.07, 6.45) is -0.221. The average Bonchev–Trinajstić information content (AvgIpc) is 3.08. The lowest BCUT2D eigenvalue weighted by molar-refractivity contribution is -0.137. The summed E-state index contributed by atoms with van der Waals surface area (Å²) in [5.41, 5.74) is -0.602. The second-order valence-electron chi connectivity index (χ2n) is 8.42. The molecule has 7 nitrogen and oxygen atoms in total. The van der Waals surface area contributed by atoms with Crippen LogP contribution in [0.5, 0.6) is 0 Å². The van der Waals surface area contributed by atoms with Gasteiger partial charge in [-0.25, -0.2) is 4.79 Å². The number of esters is 1. The van der Waals surface area contributed by atoms with E-state index in [1.807, 2.05) is 19.1 Å². The van der Waals surface area contributed by atoms with Crippen LogP contribution in [0.4, 0.5) is 24.5 Å². The van der Waals surface area contributed by atoms with E-state index in [2.05, 4.69) is 5.32 Å². The van der Waals surface area contributed by atoms with Gasteiger partial charge in [-0.15, -0.1) is 0 Å². The molecule has 2 aromatic carbocycles. The second-order valence-corrected chi connectivity index (χ2v) is 8.42. The minimum Gasteiger partial charge on any atom is -0.452 e. The molecule has 35 heavy (non-hydrogen) atoms. The van der Waals surface area contributed by atoms with E-state index in [1.165, 1.54) is 30.3 Å².